The van der Waals surface area contributed by atoms with Crippen LogP contribution in [0.25, 0.3) is 16.6 Å². The fourth-order valence-electron chi connectivity index (χ4n) is 4.14. The van der Waals surface area contributed by atoms with Gasteiger partial charge in [0, 0.05) is 41.2 Å². The molecule has 0 aliphatic carbocycles. The van der Waals surface area contributed by atoms with Crippen LogP contribution in [0, 0.1) is 19.7 Å². The summed E-state index contributed by atoms with van der Waals surface area (Å²) in [7, 11) is 0. The Hall–Kier alpha value is -3.69. The van der Waals surface area contributed by atoms with E-state index in [1.54, 1.807) is 30.6 Å². The van der Waals surface area contributed by atoms with Gasteiger partial charge in [-0.25, -0.2) is 14.4 Å². The van der Waals surface area contributed by atoms with Crippen LogP contribution < -0.4 is 10.5 Å². The molecule has 6 nitrogen and oxygen atoms in total. The number of pyridine rings is 1. The number of anilines is 1. The number of imidazole rings is 1. The molecule has 34 heavy (non-hydrogen) atoms. The Bertz CT molecular complexity index is 1360. The van der Waals surface area contributed by atoms with Crippen molar-refractivity contribution in [3.63, 3.8) is 0 Å². The molecule has 0 amide bonds. The van der Waals surface area contributed by atoms with E-state index in [1.165, 1.54) is 12.1 Å². The third-order valence-corrected chi connectivity index (χ3v) is 5.77. The lowest BCUT2D eigenvalue weighted by atomic mass is 9.91. The fraction of sp³-hybridized carbons (Fsp3) is 0.292. The lowest BCUT2D eigenvalue weighted by Crippen LogP contribution is -2.10. The molecule has 4 aromatic rings. The van der Waals surface area contributed by atoms with Crippen LogP contribution in [0.1, 0.15) is 48.1 Å². The molecule has 0 fully saturated rings. The van der Waals surface area contributed by atoms with E-state index in [0.717, 1.165) is 12.3 Å². The molecule has 0 spiro atoms. The number of halogens is 4. The summed E-state index contributed by atoms with van der Waals surface area (Å²) < 4.78 is 61.9. The van der Waals surface area contributed by atoms with E-state index in [4.69, 9.17) is 10.5 Å². The summed E-state index contributed by atoms with van der Waals surface area (Å²) >= 11 is 0. The van der Waals surface area contributed by atoms with E-state index in [1.807, 2.05) is 13.8 Å². The second kappa shape index (κ2) is 8.58. The Morgan fingerprint density at radius 3 is 2.53 bits per heavy atom. The maximum Gasteiger partial charge on any atom is 0.433 e. The molecule has 178 valence electrons. The maximum absolute atomic E-state index is 15.2. The van der Waals surface area contributed by atoms with Gasteiger partial charge in [-0.05, 0) is 38.5 Å². The molecule has 10 heteroatoms. The van der Waals surface area contributed by atoms with Crippen LogP contribution >= 0.6 is 0 Å². The molecular weight excluding hydrogens is 450 g/mol. The number of benzene rings is 1. The Balaban J connectivity index is 1.93. The second-order valence-corrected chi connectivity index (χ2v) is 7.95. The molecule has 2 N–H and O–H groups in total. The number of rotatable bonds is 5. The van der Waals surface area contributed by atoms with Crippen LogP contribution in [0.3, 0.4) is 0 Å². The summed E-state index contributed by atoms with van der Waals surface area (Å²) in [6.07, 6.45) is -0.210. The van der Waals surface area contributed by atoms with Gasteiger partial charge in [0.25, 0.3) is 0 Å². The number of alkyl halides is 3. The first-order valence-corrected chi connectivity index (χ1v) is 10.6. The number of hydrogen-bond donors (Lipinski definition) is 1. The zero-order valence-corrected chi connectivity index (χ0v) is 19.0. The summed E-state index contributed by atoms with van der Waals surface area (Å²) in [6.45, 7) is 7.27. The molecule has 0 aliphatic heterocycles. The van der Waals surface area contributed by atoms with Crippen LogP contribution in [0.4, 0.5) is 23.4 Å². The zero-order valence-electron chi connectivity index (χ0n) is 19.0. The number of ether oxygens (including phenoxy) is 1. The van der Waals surface area contributed by atoms with E-state index >= 15 is 4.39 Å². The molecule has 0 aliphatic rings. The molecule has 0 saturated carbocycles. The number of aromatic nitrogens is 4. The van der Waals surface area contributed by atoms with Crippen molar-refractivity contribution in [2.75, 3.05) is 12.3 Å². The van der Waals surface area contributed by atoms with Gasteiger partial charge in [0.05, 0.1) is 12.3 Å². The average Bonchev–Trinajstić information content (AvgIpc) is 3.13. The van der Waals surface area contributed by atoms with E-state index in [9.17, 15) is 13.2 Å². The molecule has 0 radical (unpaired) electrons. The molecule has 4 rings (SSSR count). The summed E-state index contributed by atoms with van der Waals surface area (Å²) in [4.78, 5) is 12.3. The van der Waals surface area contributed by atoms with Gasteiger partial charge in [0.2, 0.25) is 0 Å². The van der Waals surface area contributed by atoms with Crippen molar-refractivity contribution < 1.29 is 22.3 Å². The molecule has 0 saturated heterocycles. The summed E-state index contributed by atoms with van der Waals surface area (Å²) in [5, 5.41) is 0. The highest BCUT2D eigenvalue weighted by Crippen LogP contribution is 2.43. The van der Waals surface area contributed by atoms with Gasteiger partial charge in [0.1, 0.15) is 34.4 Å². The predicted octanol–water partition coefficient (Wildman–Crippen LogP) is 5.70. The van der Waals surface area contributed by atoms with Crippen molar-refractivity contribution in [1.82, 2.24) is 19.4 Å². The minimum absolute atomic E-state index is 0.249. The van der Waals surface area contributed by atoms with Crippen molar-refractivity contribution in [2.45, 2.75) is 39.8 Å². The van der Waals surface area contributed by atoms with Gasteiger partial charge < -0.3 is 10.5 Å². The van der Waals surface area contributed by atoms with Gasteiger partial charge >= 0.3 is 6.18 Å². The standard InChI is InChI=1S/C24H23F4N5O/c1-5-34-21-16(12(2)23-32-14(4)20-22(29)30-8-9-33(20)23)10-17(25)13(3)19(21)15-6-7-18(31-11-15)24(26,27)28/h6-12H,5H2,1-4H3,(H2,29,30). The third kappa shape index (κ3) is 3.93. The largest absolute Gasteiger partial charge is 0.493 e. The number of nitrogens with zero attached hydrogens (tertiary/aromatic N) is 4. The van der Waals surface area contributed by atoms with Crippen molar-refractivity contribution in [3.05, 3.63) is 70.9 Å². The lowest BCUT2D eigenvalue weighted by Gasteiger charge is -2.22. The van der Waals surface area contributed by atoms with E-state index < -0.39 is 23.6 Å². The molecular formula is C24H23F4N5O. The smallest absolute Gasteiger partial charge is 0.433 e. The van der Waals surface area contributed by atoms with Gasteiger partial charge in [-0.1, -0.05) is 13.0 Å². The molecule has 1 aromatic carbocycles. The van der Waals surface area contributed by atoms with E-state index in [-0.39, 0.29) is 12.2 Å². The van der Waals surface area contributed by atoms with E-state index in [2.05, 4.69) is 15.0 Å². The number of fused-ring (bicyclic) bond motifs is 1. The quantitative estimate of drug-likeness (QED) is 0.376. The monoisotopic (exact) mass is 473 g/mol. The molecule has 3 heterocycles. The van der Waals surface area contributed by atoms with Crippen molar-refractivity contribution in [1.29, 1.82) is 0 Å². The van der Waals surface area contributed by atoms with Crippen LogP contribution in [-0.2, 0) is 6.18 Å². The van der Waals surface area contributed by atoms with Crippen LogP contribution in [0.5, 0.6) is 5.75 Å². The SMILES string of the molecule is CCOc1c(C(C)c2nc(C)c3c(N)nccn23)cc(F)c(C)c1-c1ccc(C(F)(F)F)nc1. The predicted molar refractivity (Wildman–Crippen MR) is 120 cm³/mol. The zero-order chi connectivity index (χ0) is 24.8. The highest BCUT2D eigenvalue weighted by atomic mass is 19.4. The first-order valence-electron chi connectivity index (χ1n) is 10.6. The highest BCUT2D eigenvalue weighted by Gasteiger charge is 2.32. The Morgan fingerprint density at radius 2 is 1.91 bits per heavy atom. The normalized spacial score (nSPS) is 12.8. The first kappa shape index (κ1) is 23.5. The fourth-order valence-corrected chi connectivity index (χ4v) is 4.14. The molecule has 1 atom stereocenters. The van der Waals surface area contributed by atoms with Gasteiger partial charge in [-0.3, -0.25) is 9.38 Å². The summed E-state index contributed by atoms with van der Waals surface area (Å²) in [5.74, 6) is 0.330. The number of aryl methyl sites for hydroxylation is 1. The second-order valence-electron chi connectivity index (χ2n) is 7.95. The number of hydrogen-bond acceptors (Lipinski definition) is 5. The van der Waals surface area contributed by atoms with Gasteiger partial charge in [-0.2, -0.15) is 13.2 Å². The van der Waals surface area contributed by atoms with Gasteiger partial charge in [-0.15, -0.1) is 0 Å². The third-order valence-electron chi connectivity index (χ3n) is 5.77. The van der Waals surface area contributed by atoms with Crippen molar-refractivity contribution in [2.24, 2.45) is 0 Å². The molecule has 1 unspecified atom stereocenters. The topological polar surface area (TPSA) is 78.3 Å². The minimum atomic E-state index is -4.58. The van der Waals surface area contributed by atoms with Crippen LogP contribution in [0.15, 0.2) is 36.8 Å². The molecule has 3 aromatic heterocycles. The highest BCUT2D eigenvalue weighted by molar-refractivity contribution is 5.76. The maximum atomic E-state index is 15.2. The molecule has 0 bridgehead atoms. The van der Waals surface area contributed by atoms with E-state index in [0.29, 0.717) is 45.3 Å². The van der Waals surface area contributed by atoms with Crippen LogP contribution in [-0.4, -0.2) is 26.0 Å². The minimum Gasteiger partial charge on any atom is -0.493 e. The average molecular weight is 473 g/mol. The summed E-state index contributed by atoms with van der Waals surface area (Å²) in [5.41, 5.74) is 7.75. The first-order chi connectivity index (χ1) is 16.0. The van der Waals surface area contributed by atoms with Crippen molar-refractivity contribution in [3.8, 4) is 16.9 Å². The number of nitrogen functional groups attached to an aromatic ring is 1. The number of nitrogens with two attached hydrogens (primary N) is 1. The Morgan fingerprint density at radius 1 is 1.18 bits per heavy atom. The van der Waals surface area contributed by atoms with Crippen molar-refractivity contribution >= 4 is 11.3 Å². The Kier molecular flexibility index (Phi) is 5.93. The lowest BCUT2D eigenvalue weighted by molar-refractivity contribution is -0.141. The Labute approximate surface area is 193 Å². The van der Waals surface area contributed by atoms with Crippen LogP contribution in [0.2, 0.25) is 0 Å². The summed E-state index contributed by atoms with van der Waals surface area (Å²) in [6, 6.07) is 3.53. The van der Waals surface area contributed by atoms with Gasteiger partial charge in [0.15, 0.2) is 0 Å².